The van der Waals surface area contributed by atoms with Gasteiger partial charge in [0.15, 0.2) is 0 Å². The highest BCUT2D eigenvalue weighted by Crippen LogP contribution is 2.56. The van der Waals surface area contributed by atoms with Gasteiger partial charge in [0, 0.05) is 11.1 Å². The molecule has 1 aliphatic carbocycles. The van der Waals surface area contributed by atoms with Crippen molar-refractivity contribution < 1.29 is 14.0 Å². The first kappa shape index (κ1) is 18.3. The van der Waals surface area contributed by atoms with Crippen LogP contribution in [-0.4, -0.2) is 21.7 Å². The van der Waals surface area contributed by atoms with Gasteiger partial charge < -0.3 is 10.2 Å². The van der Waals surface area contributed by atoms with Gasteiger partial charge in [0.05, 0.1) is 16.2 Å². The number of nitrogens with zero attached hydrogens (tertiary/aromatic N) is 1. The molecule has 0 radical (unpaired) electrons. The van der Waals surface area contributed by atoms with Crippen molar-refractivity contribution in [2.75, 3.05) is 4.90 Å². The highest BCUT2D eigenvalue weighted by Gasteiger charge is 2.53. The van der Waals surface area contributed by atoms with Crippen molar-refractivity contribution in [2.45, 2.75) is 63.3 Å². The van der Waals surface area contributed by atoms with Gasteiger partial charge in [-0.1, -0.05) is 56.6 Å². The minimum absolute atomic E-state index is 0.169. The van der Waals surface area contributed by atoms with Gasteiger partial charge in [-0.3, -0.25) is 9.59 Å². The lowest BCUT2D eigenvalue weighted by atomic mass is 9.74. The molecule has 1 unspecified atom stereocenters. The van der Waals surface area contributed by atoms with Crippen molar-refractivity contribution in [3.05, 3.63) is 34.0 Å². The molecule has 0 bridgehead atoms. The van der Waals surface area contributed by atoms with Gasteiger partial charge in [-0.05, 0) is 42.9 Å². The normalized spacial score (nSPS) is 28.6. The molecule has 1 saturated carbocycles. The average Bonchev–Trinajstić information content (AvgIpc) is 3.00. The molecule has 1 aromatic carbocycles. The summed E-state index contributed by atoms with van der Waals surface area (Å²) in [4.78, 5) is 28.4. The van der Waals surface area contributed by atoms with Crippen LogP contribution in [0.25, 0.3) is 5.57 Å². The lowest BCUT2D eigenvalue weighted by molar-refractivity contribution is -0.116. The Bertz CT molecular complexity index is 963. The van der Waals surface area contributed by atoms with E-state index in [2.05, 4.69) is 12.2 Å². The first-order chi connectivity index (χ1) is 13.4. The number of hydrogen-bond acceptors (Lipinski definition) is 4. The topological polar surface area (TPSA) is 49.4 Å². The molecule has 1 N–H and O–H groups in total. The van der Waals surface area contributed by atoms with Gasteiger partial charge in [0.25, 0.3) is 11.8 Å². The molecular formula is C21H21FN2O2S2. The van der Waals surface area contributed by atoms with Crippen molar-refractivity contribution in [3.63, 3.8) is 0 Å². The number of carbonyl (C=O) groups excluding carboxylic acids is 2. The van der Waals surface area contributed by atoms with E-state index in [0.29, 0.717) is 20.4 Å². The minimum Gasteiger partial charge on any atom is -0.307 e. The second kappa shape index (κ2) is 6.39. The lowest BCUT2D eigenvalue weighted by Gasteiger charge is -2.48. The number of carbonyl (C=O) groups is 2. The SMILES string of the molecule is CC1CC2(CCCCCC2)N2C(=O)/C(=C3\SC(=S)NC3=O)c3cc(F)cc1c32. The third-order valence-electron chi connectivity index (χ3n) is 6.58. The number of anilines is 1. The molecule has 1 atom stereocenters. The molecule has 0 aromatic heterocycles. The minimum atomic E-state index is -0.365. The number of halogens is 1. The quantitative estimate of drug-likeness (QED) is 0.495. The van der Waals surface area contributed by atoms with Gasteiger partial charge >= 0.3 is 0 Å². The molecule has 1 aromatic rings. The summed E-state index contributed by atoms with van der Waals surface area (Å²) < 4.78 is 14.8. The van der Waals surface area contributed by atoms with Crippen LogP contribution in [0.3, 0.4) is 0 Å². The van der Waals surface area contributed by atoms with Crippen molar-refractivity contribution >= 4 is 51.4 Å². The third-order valence-corrected chi connectivity index (χ3v) is 7.82. The van der Waals surface area contributed by atoms with Crippen molar-refractivity contribution in [2.24, 2.45) is 0 Å². The van der Waals surface area contributed by atoms with Crippen LogP contribution in [0.2, 0.25) is 0 Å². The largest absolute Gasteiger partial charge is 0.307 e. The number of nitrogens with one attached hydrogen (secondary N) is 1. The zero-order valence-electron chi connectivity index (χ0n) is 15.6. The molecule has 2 fully saturated rings. The van der Waals surface area contributed by atoms with E-state index in [0.717, 1.165) is 55.1 Å². The molecule has 4 aliphatic rings. The van der Waals surface area contributed by atoms with E-state index in [9.17, 15) is 14.0 Å². The molecular weight excluding hydrogens is 395 g/mol. The number of thioether (sulfide) groups is 1. The maximum atomic E-state index is 14.5. The zero-order chi connectivity index (χ0) is 19.6. The van der Waals surface area contributed by atoms with Crippen molar-refractivity contribution in [3.8, 4) is 0 Å². The Morgan fingerprint density at radius 1 is 1.21 bits per heavy atom. The van der Waals surface area contributed by atoms with E-state index in [4.69, 9.17) is 12.2 Å². The van der Waals surface area contributed by atoms with E-state index in [-0.39, 0.29) is 29.1 Å². The van der Waals surface area contributed by atoms with Gasteiger partial charge in [0.2, 0.25) is 0 Å². The van der Waals surface area contributed by atoms with Crippen LogP contribution in [0, 0.1) is 5.82 Å². The zero-order valence-corrected chi connectivity index (χ0v) is 17.3. The Labute approximate surface area is 172 Å². The van der Waals surface area contributed by atoms with E-state index < -0.39 is 0 Å². The first-order valence-electron chi connectivity index (χ1n) is 9.87. The molecule has 5 rings (SSSR count). The van der Waals surface area contributed by atoms with Crippen LogP contribution in [0.1, 0.15) is 68.9 Å². The fraction of sp³-hybridized carbons (Fsp3) is 0.476. The third kappa shape index (κ3) is 2.52. The molecule has 146 valence electrons. The Balaban J connectivity index is 1.77. The summed E-state index contributed by atoms with van der Waals surface area (Å²) >= 11 is 6.22. The molecule has 3 heterocycles. The predicted octanol–water partition coefficient (Wildman–Crippen LogP) is 4.63. The van der Waals surface area contributed by atoms with Gasteiger partial charge in [-0.15, -0.1) is 0 Å². The summed E-state index contributed by atoms with van der Waals surface area (Å²) in [5.74, 6) is -0.726. The van der Waals surface area contributed by atoms with Gasteiger partial charge in [-0.2, -0.15) is 0 Å². The molecule has 28 heavy (non-hydrogen) atoms. The molecule has 2 amide bonds. The van der Waals surface area contributed by atoms with E-state index in [1.54, 1.807) is 6.07 Å². The van der Waals surface area contributed by atoms with Crippen LogP contribution in [0.15, 0.2) is 17.0 Å². The average molecular weight is 417 g/mol. The number of hydrogen-bond donors (Lipinski definition) is 1. The summed E-state index contributed by atoms with van der Waals surface area (Å²) in [6, 6.07) is 2.98. The monoisotopic (exact) mass is 416 g/mol. The van der Waals surface area contributed by atoms with E-state index in [1.165, 1.54) is 18.9 Å². The fourth-order valence-electron chi connectivity index (χ4n) is 5.50. The summed E-state index contributed by atoms with van der Waals surface area (Å²) in [5.41, 5.74) is 2.32. The molecule has 4 nitrogen and oxygen atoms in total. The Morgan fingerprint density at radius 3 is 2.57 bits per heavy atom. The molecule has 3 aliphatic heterocycles. The van der Waals surface area contributed by atoms with Crippen molar-refractivity contribution in [1.82, 2.24) is 5.32 Å². The molecule has 1 saturated heterocycles. The van der Waals surface area contributed by atoms with Crippen LogP contribution in [0.4, 0.5) is 10.1 Å². The number of benzene rings is 1. The molecule has 7 heteroatoms. The predicted molar refractivity (Wildman–Crippen MR) is 113 cm³/mol. The van der Waals surface area contributed by atoms with Gasteiger partial charge in [-0.25, -0.2) is 4.39 Å². The van der Waals surface area contributed by atoms with Crippen molar-refractivity contribution in [1.29, 1.82) is 0 Å². The summed E-state index contributed by atoms with van der Waals surface area (Å²) in [5, 5.41) is 2.60. The van der Waals surface area contributed by atoms with E-state index in [1.807, 2.05) is 4.90 Å². The number of fused-ring (bicyclic) bond motifs is 1. The summed E-state index contributed by atoms with van der Waals surface area (Å²) in [6.45, 7) is 2.13. The van der Waals surface area contributed by atoms with Gasteiger partial charge in [0.1, 0.15) is 10.1 Å². The Morgan fingerprint density at radius 2 is 1.93 bits per heavy atom. The summed E-state index contributed by atoms with van der Waals surface area (Å²) in [7, 11) is 0. The highest BCUT2D eigenvalue weighted by atomic mass is 32.2. The van der Waals surface area contributed by atoms with Crippen LogP contribution < -0.4 is 10.2 Å². The molecule has 1 spiro atoms. The fourth-order valence-corrected chi connectivity index (χ4v) is 6.62. The number of thiocarbonyl (C=S) groups is 1. The Kier molecular flexibility index (Phi) is 4.18. The van der Waals surface area contributed by atoms with Crippen LogP contribution in [0.5, 0.6) is 0 Å². The smallest absolute Gasteiger partial charge is 0.264 e. The van der Waals surface area contributed by atoms with Crippen LogP contribution in [-0.2, 0) is 9.59 Å². The van der Waals surface area contributed by atoms with Crippen LogP contribution >= 0.6 is 24.0 Å². The standard InChI is InChI=1S/C21H21FN2O2S2/c1-11-10-21(6-4-2-3-5-7-21)24-16-13(11)8-12(22)9-14(16)15(19(24)26)17-18(25)23-20(27)28-17/h8-9,11H,2-7,10H2,1H3,(H,23,25,27)/b17-15-. The lowest BCUT2D eigenvalue weighted by Crippen LogP contribution is -2.53. The second-order valence-electron chi connectivity index (χ2n) is 8.32. The first-order valence-corrected chi connectivity index (χ1v) is 11.1. The maximum absolute atomic E-state index is 14.5. The summed E-state index contributed by atoms with van der Waals surface area (Å²) in [6.07, 6.45) is 7.30. The highest BCUT2D eigenvalue weighted by molar-refractivity contribution is 8.27. The second-order valence-corrected chi connectivity index (χ2v) is 10.0. The Hall–Kier alpha value is -1.73. The van der Waals surface area contributed by atoms with E-state index >= 15 is 0 Å². The number of amides is 2. The maximum Gasteiger partial charge on any atom is 0.264 e. The number of rotatable bonds is 0.